The van der Waals surface area contributed by atoms with Crippen LogP contribution in [0.3, 0.4) is 0 Å². The maximum absolute atomic E-state index is 5.44. The summed E-state index contributed by atoms with van der Waals surface area (Å²) >= 11 is 0. The molecule has 0 rings (SSSR count). The van der Waals surface area contributed by atoms with E-state index in [0.717, 1.165) is 19.6 Å². The number of hydrogen-bond donors (Lipinski definition) is 0. The highest BCUT2D eigenvalue weighted by molar-refractivity contribution is 6.26. The Hall–Kier alpha value is 0.137. The van der Waals surface area contributed by atoms with Crippen molar-refractivity contribution in [3.63, 3.8) is 0 Å². The lowest BCUT2D eigenvalue weighted by Gasteiger charge is -2.01. The zero-order valence-corrected chi connectivity index (χ0v) is 8.47. The minimum Gasteiger partial charge on any atom is -0.424 e. The van der Waals surface area contributed by atoms with Crippen molar-refractivity contribution < 1.29 is 9.16 Å². The molecule has 3 heteroatoms. The van der Waals surface area contributed by atoms with E-state index in [1.165, 1.54) is 12.5 Å². The lowest BCUT2D eigenvalue weighted by Crippen LogP contribution is -2.02. The molecule has 0 spiro atoms. The quantitative estimate of drug-likeness (QED) is 0.410. The van der Waals surface area contributed by atoms with E-state index in [2.05, 4.69) is 6.92 Å². The summed E-state index contributed by atoms with van der Waals surface area (Å²) in [6.45, 7) is 3.94. The monoisotopic (exact) mass is 162 g/mol. The van der Waals surface area contributed by atoms with Crippen LogP contribution in [0.15, 0.2) is 0 Å². The van der Waals surface area contributed by atoms with Crippen molar-refractivity contribution in [2.24, 2.45) is 0 Å². The van der Waals surface area contributed by atoms with Gasteiger partial charge in [0.05, 0.1) is 0 Å². The van der Waals surface area contributed by atoms with Crippen LogP contribution in [0.5, 0.6) is 0 Å². The molecule has 62 valence electrons. The van der Waals surface area contributed by atoms with E-state index in [-0.39, 0.29) is 9.76 Å². The lowest BCUT2D eigenvalue weighted by molar-refractivity contribution is 0.174. The second-order valence-corrected chi connectivity index (χ2v) is 3.84. The molecular weight excluding hydrogens is 144 g/mol. The fraction of sp³-hybridized carbons (Fsp3) is 1.00. The van der Waals surface area contributed by atoms with E-state index in [4.69, 9.17) is 9.16 Å². The van der Waals surface area contributed by atoms with Crippen molar-refractivity contribution in [3.05, 3.63) is 0 Å². The van der Waals surface area contributed by atoms with E-state index in [1.54, 1.807) is 7.11 Å². The zero-order chi connectivity index (χ0) is 7.66. The average Bonchev–Trinajstić information content (AvgIpc) is 1.97. The molecule has 0 aliphatic rings. The first-order chi connectivity index (χ1) is 4.91. The Balaban J connectivity index is 2.65. The Bertz CT molecular complexity index is 51.6. The van der Waals surface area contributed by atoms with E-state index in [1.807, 2.05) is 0 Å². The molecule has 0 aromatic carbocycles. The molecule has 0 bridgehead atoms. The Labute approximate surface area is 65.9 Å². The number of rotatable bonds is 7. The van der Waals surface area contributed by atoms with Gasteiger partial charge in [-0.25, -0.2) is 0 Å². The molecular formula is C7H18O2Si. The average molecular weight is 162 g/mol. The van der Waals surface area contributed by atoms with E-state index in [0.29, 0.717) is 0 Å². The van der Waals surface area contributed by atoms with Gasteiger partial charge in [-0.05, 0) is 12.5 Å². The van der Waals surface area contributed by atoms with Crippen LogP contribution < -0.4 is 0 Å². The third kappa shape index (κ3) is 8.14. The topological polar surface area (TPSA) is 18.5 Å². The predicted octanol–water partition coefficient (Wildman–Crippen LogP) is 0.952. The normalized spacial score (nSPS) is 11.4. The molecule has 0 N–H and O–H groups in total. The minimum absolute atomic E-state index is 0.172. The molecule has 0 unspecified atom stereocenters. The second kappa shape index (κ2) is 9.14. The van der Waals surface area contributed by atoms with Crippen LogP contribution in [0.25, 0.3) is 0 Å². The number of methoxy groups -OCH3 is 1. The summed E-state index contributed by atoms with van der Waals surface area (Å²) in [5.74, 6) is 0. The summed E-state index contributed by atoms with van der Waals surface area (Å²) in [6.07, 6.45) is 2.32. The van der Waals surface area contributed by atoms with Gasteiger partial charge in [0.15, 0.2) is 9.76 Å². The summed E-state index contributed by atoms with van der Waals surface area (Å²) in [6, 6.07) is 1.31. The van der Waals surface area contributed by atoms with Gasteiger partial charge in [-0.2, -0.15) is 0 Å². The van der Waals surface area contributed by atoms with Crippen molar-refractivity contribution >= 4 is 9.76 Å². The highest BCUT2D eigenvalue weighted by Crippen LogP contribution is 1.88. The van der Waals surface area contributed by atoms with E-state index in [9.17, 15) is 0 Å². The minimum atomic E-state index is -0.172. The molecule has 0 fully saturated rings. The van der Waals surface area contributed by atoms with Crippen LogP contribution in [-0.4, -0.2) is 30.1 Å². The Kier molecular flexibility index (Phi) is 9.26. The fourth-order valence-corrected chi connectivity index (χ4v) is 1.55. The predicted molar refractivity (Wildman–Crippen MR) is 46.1 cm³/mol. The maximum atomic E-state index is 5.44. The van der Waals surface area contributed by atoms with Crippen molar-refractivity contribution in [1.29, 1.82) is 0 Å². The Morgan fingerprint density at radius 3 is 2.70 bits per heavy atom. The zero-order valence-electron chi connectivity index (χ0n) is 7.06. The van der Waals surface area contributed by atoms with Gasteiger partial charge >= 0.3 is 0 Å². The van der Waals surface area contributed by atoms with Crippen LogP contribution in [0, 0.1) is 0 Å². The van der Waals surface area contributed by atoms with Crippen LogP contribution in [0.2, 0.25) is 6.04 Å². The maximum Gasteiger partial charge on any atom is 0.161 e. The Morgan fingerprint density at radius 2 is 2.10 bits per heavy atom. The lowest BCUT2D eigenvalue weighted by atomic mass is 10.5. The van der Waals surface area contributed by atoms with Crippen molar-refractivity contribution in [2.75, 3.05) is 20.3 Å². The van der Waals surface area contributed by atoms with Crippen molar-refractivity contribution in [1.82, 2.24) is 0 Å². The molecule has 0 aromatic heterocycles. The summed E-state index contributed by atoms with van der Waals surface area (Å²) in [4.78, 5) is 0. The molecule has 10 heavy (non-hydrogen) atoms. The molecule has 0 atom stereocenters. The number of ether oxygens (including phenoxy) is 1. The van der Waals surface area contributed by atoms with E-state index >= 15 is 0 Å². The summed E-state index contributed by atoms with van der Waals surface area (Å²) < 4.78 is 10.3. The summed E-state index contributed by atoms with van der Waals surface area (Å²) in [5, 5.41) is 0. The molecule has 0 saturated heterocycles. The molecule has 0 aliphatic heterocycles. The van der Waals surface area contributed by atoms with Gasteiger partial charge in [0.2, 0.25) is 0 Å². The molecule has 0 amide bonds. The van der Waals surface area contributed by atoms with Gasteiger partial charge in [-0.1, -0.05) is 13.3 Å². The standard InChI is InChI=1S/C7H18O2Si/c1-3-7-10-9-6-4-5-8-2/h3-7,10H2,1-2H3. The molecule has 2 nitrogen and oxygen atoms in total. The molecule has 0 aliphatic carbocycles. The second-order valence-electron chi connectivity index (χ2n) is 2.31. The van der Waals surface area contributed by atoms with Gasteiger partial charge in [-0.15, -0.1) is 0 Å². The largest absolute Gasteiger partial charge is 0.424 e. The first-order valence-electron chi connectivity index (χ1n) is 3.98. The van der Waals surface area contributed by atoms with Crippen LogP contribution in [-0.2, 0) is 9.16 Å². The van der Waals surface area contributed by atoms with Gasteiger partial charge in [-0.3, -0.25) is 0 Å². The first kappa shape index (κ1) is 10.1. The summed E-state index contributed by atoms with van der Waals surface area (Å²) in [7, 11) is 1.55. The third-order valence-electron chi connectivity index (χ3n) is 1.28. The van der Waals surface area contributed by atoms with Crippen molar-refractivity contribution in [3.8, 4) is 0 Å². The van der Waals surface area contributed by atoms with Crippen LogP contribution >= 0.6 is 0 Å². The van der Waals surface area contributed by atoms with Crippen molar-refractivity contribution in [2.45, 2.75) is 25.8 Å². The molecule has 0 saturated carbocycles. The van der Waals surface area contributed by atoms with Crippen LogP contribution in [0.4, 0.5) is 0 Å². The number of hydrogen-bond acceptors (Lipinski definition) is 2. The van der Waals surface area contributed by atoms with Gasteiger partial charge in [0, 0.05) is 20.3 Å². The highest BCUT2D eigenvalue weighted by atomic mass is 28.2. The first-order valence-corrected chi connectivity index (χ1v) is 5.56. The summed E-state index contributed by atoms with van der Waals surface area (Å²) in [5.41, 5.74) is 0. The van der Waals surface area contributed by atoms with Gasteiger partial charge in [0.25, 0.3) is 0 Å². The molecule has 0 radical (unpaired) electrons. The smallest absolute Gasteiger partial charge is 0.161 e. The molecule has 0 aromatic rings. The Morgan fingerprint density at radius 1 is 1.30 bits per heavy atom. The third-order valence-corrected chi connectivity index (χ3v) is 2.85. The SMILES string of the molecule is CCC[SiH2]OCCCOC. The fourth-order valence-electron chi connectivity index (χ4n) is 0.654. The van der Waals surface area contributed by atoms with Gasteiger partial charge in [0.1, 0.15) is 0 Å². The molecule has 0 heterocycles. The van der Waals surface area contributed by atoms with E-state index < -0.39 is 0 Å². The van der Waals surface area contributed by atoms with Crippen LogP contribution in [0.1, 0.15) is 19.8 Å². The van der Waals surface area contributed by atoms with Gasteiger partial charge < -0.3 is 9.16 Å². The highest BCUT2D eigenvalue weighted by Gasteiger charge is 1.87.